The van der Waals surface area contributed by atoms with Crippen LogP contribution in [0.2, 0.25) is 0 Å². The van der Waals surface area contributed by atoms with Crippen molar-refractivity contribution in [1.29, 1.82) is 0 Å². The predicted octanol–water partition coefficient (Wildman–Crippen LogP) is 2.23. The van der Waals surface area contributed by atoms with Gasteiger partial charge in [-0.2, -0.15) is 0 Å². The first-order valence-electron chi connectivity index (χ1n) is 7.82. The molecule has 1 aromatic rings. The molecule has 1 saturated heterocycles. The molecule has 21 heavy (non-hydrogen) atoms. The molecule has 1 unspecified atom stereocenters. The molecule has 116 valence electrons. The van der Waals surface area contributed by atoms with Crippen LogP contribution < -0.4 is 10.6 Å². The summed E-state index contributed by atoms with van der Waals surface area (Å²) in [6.45, 7) is 3.35. The van der Waals surface area contributed by atoms with Gasteiger partial charge in [0.25, 0.3) is 0 Å². The average Bonchev–Trinajstić information content (AvgIpc) is 2.53. The lowest BCUT2D eigenvalue weighted by Crippen LogP contribution is -2.31. The summed E-state index contributed by atoms with van der Waals surface area (Å²) in [6.07, 6.45) is 4.09. The maximum atomic E-state index is 12.0. The molecule has 2 rings (SSSR count). The number of carbonyl (C=O) groups is 1. The first-order chi connectivity index (χ1) is 10.3. The van der Waals surface area contributed by atoms with E-state index in [0.29, 0.717) is 25.5 Å². The van der Waals surface area contributed by atoms with Gasteiger partial charge in [-0.05, 0) is 49.4 Å². The van der Waals surface area contributed by atoms with Gasteiger partial charge in [0, 0.05) is 20.1 Å². The number of hydrogen-bond donors (Lipinski definition) is 2. The molecule has 1 aliphatic heterocycles. The van der Waals surface area contributed by atoms with Gasteiger partial charge in [0.05, 0.1) is 6.61 Å². The van der Waals surface area contributed by atoms with Crippen molar-refractivity contribution in [2.75, 3.05) is 20.2 Å². The molecule has 1 aromatic carbocycles. The Morgan fingerprint density at radius 2 is 2.19 bits per heavy atom. The molecule has 1 heterocycles. The van der Waals surface area contributed by atoms with E-state index in [1.54, 1.807) is 7.11 Å². The van der Waals surface area contributed by atoms with Gasteiger partial charge in [0.1, 0.15) is 0 Å². The SMILES string of the molecule is COCc1ccccc1CNC(=O)CCC1CCCNC1. The van der Waals surface area contributed by atoms with Crippen molar-refractivity contribution in [1.82, 2.24) is 10.6 Å². The third-order valence-electron chi connectivity index (χ3n) is 4.07. The predicted molar refractivity (Wildman–Crippen MR) is 83.8 cm³/mol. The number of carbonyl (C=O) groups excluding carboxylic acids is 1. The Labute approximate surface area is 127 Å². The monoisotopic (exact) mass is 290 g/mol. The number of rotatable bonds is 7. The zero-order valence-electron chi connectivity index (χ0n) is 12.9. The second-order valence-electron chi connectivity index (χ2n) is 5.73. The van der Waals surface area contributed by atoms with Crippen LogP contribution in [0.15, 0.2) is 24.3 Å². The van der Waals surface area contributed by atoms with Crippen LogP contribution in [-0.2, 0) is 22.7 Å². The van der Waals surface area contributed by atoms with Crippen LogP contribution in [0.25, 0.3) is 0 Å². The number of methoxy groups -OCH3 is 1. The summed E-state index contributed by atoms with van der Waals surface area (Å²) < 4.78 is 5.18. The van der Waals surface area contributed by atoms with Crippen LogP contribution in [0.4, 0.5) is 0 Å². The summed E-state index contributed by atoms with van der Waals surface area (Å²) in [5.41, 5.74) is 2.27. The summed E-state index contributed by atoms with van der Waals surface area (Å²) in [7, 11) is 1.69. The molecular formula is C17H26N2O2. The van der Waals surface area contributed by atoms with Crippen molar-refractivity contribution in [2.45, 2.75) is 38.8 Å². The Morgan fingerprint density at radius 3 is 2.90 bits per heavy atom. The largest absolute Gasteiger partial charge is 0.380 e. The smallest absolute Gasteiger partial charge is 0.220 e. The van der Waals surface area contributed by atoms with Crippen molar-refractivity contribution in [3.63, 3.8) is 0 Å². The second kappa shape index (κ2) is 8.80. The van der Waals surface area contributed by atoms with Crippen LogP contribution >= 0.6 is 0 Å². The van der Waals surface area contributed by atoms with Crippen molar-refractivity contribution in [3.05, 3.63) is 35.4 Å². The van der Waals surface area contributed by atoms with E-state index in [1.165, 1.54) is 12.8 Å². The van der Waals surface area contributed by atoms with Gasteiger partial charge in [0.2, 0.25) is 5.91 Å². The first-order valence-corrected chi connectivity index (χ1v) is 7.82. The number of nitrogens with one attached hydrogen (secondary N) is 2. The highest BCUT2D eigenvalue weighted by Gasteiger charge is 2.14. The van der Waals surface area contributed by atoms with Gasteiger partial charge in [-0.1, -0.05) is 24.3 Å². The number of amides is 1. The van der Waals surface area contributed by atoms with E-state index in [4.69, 9.17) is 4.74 Å². The number of ether oxygens (including phenoxy) is 1. The molecule has 1 fully saturated rings. The quantitative estimate of drug-likeness (QED) is 0.809. The molecule has 1 amide bonds. The Balaban J connectivity index is 1.73. The molecule has 1 aliphatic rings. The molecule has 0 aromatic heterocycles. The van der Waals surface area contributed by atoms with Crippen LogP contribution in [0.5, 0.6) is 0 Å². The van der Waals surface area contributed by atoms with Crippen molar-refractivity contribution < 1.29 is 9.53 Å². The van der Waals surface area contributed by atoms with E-state index in [9.17, 15) is 4.79 Å². The van der Waals surface area contributed by atoms with Crippen LogP contribution in [0.1, 0.15) is 36.8 Å². The summed E-state index contributed by atoms with van der Waals surface area (Å²) in [4.78, 5) is 12.0. The Bertz CT molecular complexity index is 442. The lowest BCUT2D eigenvalue weighted by Gasteiger charge is -2.22. The first kappa shape index (κ1) is 16.0. The molecule has 0 spiro atoms. The standard InChI is InChI=1S/C17H26N2O2/c1-21-13-16-7-3-2-6-15(16)12-19-17(20)9-8-14-5-4-10-18-11-14/h2-3,6-7,14,18H,4-5,8-13H2,1H3,(H,19,20). The Morgan fingerprint density at radius 1 is 1.38 bits per heavy atom. The minimum absolute atomic E-state index is 0.146. The van der Waals surface area contributed by atoms with Gasteiger partial charge in [-0.15, -0.1) is 0 Å². The van der Waals surface area contributed by atoms with Crippen LogP contribution in [0.3, 0.4) is 0 Å². The fraction of sp³-hybridized carbons (Fsp3) is 0.588. The summed E-state index contributed by atoms with van der Waals surface area (Å²) in [6, 6.07) is 8.07. The summed E-state index contributed by atoms with van der Waals surface area (Å²) in [5.74, 6) is 0.804. The zero-order valence-corrected chi connectivity index (χ0v) is 12.9. The zero-order chi connectivity index (χ0) is 14.9. The molecule has 0 radical (unpaired) electrons. The molecule has 2 N–H and O–H groups in total. The molecule has 4 nitrogen and oxygen atoms in total. The van der Waals surface area contributed by atoms with E-state index in [0.717, 1.165) is 30.6 Å². The van der Waals surface area contributed by atoms with Crippen molar-refractivity contribution >= 4 is 5.91 Å². The highest BCUT2D eigenvalue weighted by atomic mass is 16.5. The minimum atomic E-state index is 0.146. The minimum Gasteiger partial charge on any atom is -0.380 e. The summed E-state index contributed by atoms with van der Waals surface area (Å²) >= 11 is 0. The van der Waals surface area contributed by atoms with E-state index >= 15 is 0 Å². The van der Waals surface area contributed by atoms with E-state index in [-0.39, 0.29) is 5.91 Å². The van der Waals surface area contributed by atoms with Gasteiger partial charge >= 0.3 is 0 Å². The normalized spacial score (nSPS) is 18.4. The highest BCUT2D eigenvalue weighted by Crippen LogP contribution is 2.16. The van der Waals surface area contributed by atoms with Crippen LogP contribution in [-0.4, -0.2) is 26.1 Å². The van der Waals surface area contributed by atoms with E-state index < -0.39 is 0 Å². The second-order valence-corrected chi connectivity index (χ2v) is 5.73. The fourth-order valence-corrected chi connectivity index (χ4v) is 2.81. The van der Waals surface area contributed by atoms with Gasteiger partial charge in [-0.3, -0.25) is 4.79 Å². The molecule has 1 atom stereocenters. The number of benzene rings is 1. The highest BCUT2D eigenvalue weighted by molar-refractivity contribution is 5.75. The lowest BCUT2D eigenvalue weighted by molar-refractivity contribution is -0.121. The van der Waals surface area contributed by atoms with Gasteiger partial charge < -0.3 is 15.4 Å². The van der Waals surface area contributed by atoms with E-state index in [2.05, 4.69) is 10.6 Å². The van der Waals surface area contributed by atoms with Crippen molar-refractivity contribution in [2.24, 2.45) is 5.92 Å². The molecule has 4 heteroatoms. The Kier molecular flexibility index (Phi) is 6.70. The third kappa shape index (κ3) is 5.48. The molecule has 0 aliphatic carbocycles. The molecule has 0 bridgehead atoms. The third-order valence-corrected chi connectivity index (χ3v) is 4.07. The fourth-order valence-electron chi connectivity index (χ4n) is 2.81. The number of hydrogen-bond acceptors (Lipinski definition) is 3. The topological polar surface area (TPSA) is 50.4 Å². The van der Waals surface area contributed by atoms with E-state index in [1.807, 2.05) is 24.3 Å². The average molecular weight is 290 g/mol. The maximum absolute atomic E-state index is 12.0. The van der Waals surface area contributed by atoms with Crippen LogP contribution in [0, 0.1) is 5.92 Å². The lowest BCUT2D eigenvalue weighted by atomic mass is 9.94. The molecular weight excluding hydrogens is 264 g/mol. The van der Waals surface area contributed by atoms with Gasteiger partial charge in [0.15, 0.2) is 0 Å². The summed E-state index contributed by atoms with van der Waals surface area (Å²) in [5, 5.41) is 6.41. The van der Waals surface area contributed by atoms with Gasteiger partial charge in [-0.25, -0.2) is 0 Å². The maximum Gasteiger partial charge on any atom is 0.220 e. The van der Waals surface area contributed by atoms with Crippen molar-refractivity contribution in [3.8, 4) is 0 Å². The number of piperidine rings is 1. The Hall–Kier alpha value is -1.39. The molecule has 0 saturated carbocycles.